The van der Waals surface area contributed by atoms with Gasteiger partial charge < -0.3 is 15.6 Å². The van der Waals surface area contributed by atoms with Gasteiger partial charge in [0.15, 0.2) is 5.69 Å². The van der Waals surface area contributed by atoms with Crippen molar-refractivity contribution in [2.45, 2.75) is 13.8 Å². The number of aromatic carboxylic acids is 1. The monoisotopic (exact) mass is 275 g/mol. The van der Waals surface area contributed by atoms with E-state index in [1.165, 1.54) is 4.68 Å². The second-order valence-electron chi connectivity index (χ2n) is 4.70. The summed E-state index contributed by atoms with van der Waals surface area (Å²) in [5, 5.41) is 13.3. The number of rotatable bonds is 3. The summed E-state index contributed by atoms with van der Waals surface area (Å²) in [6.07, 6.45) is 0. The lowest BCUT2D eigenvalue weighted by molar-refractivity contribution is 0.0690. The van der Waals surface area contributed by atoms with E-state index >= 15 is 0 Å². The van der Waals surface area contributed by atoms with Crippen LogP contribution in [0.4, 0.5) is 5.82 Å². The SMILES string of the molecule is COc1c(C)cc(C)cc1-c1c(C(=O)O)nn(C)c1N. The van der Waals surface area contributed by atoms with Crippen LogP contribution in [0.1, 0.15) is 21.6 Å². The minimum atomic E-state index is -1.12. The number of aryl methyl sites for hydroxylation is 3. The molecule has 2 rings (SSSR count). The van der Waals surface area contributed by atoms with Crippen molar-refractivity contribution in [1.29, 1.82) is 0 Å². The van der Waals surface area contributed by atoms with Crippen LogP contribution in [-0.2, 0) is 7.05 Å². The molecule has 0 aliphatic carbocycles. The third-order valence-corrected chi connectivity index (χ3v) is 3.19. The van der Waals surface area contributed by atoms with Gasteiger partial charge in [-0.05, 0) is 31.0 Å². The predicted molar refractivity (Wildman–Crippen MR) is 76.0 cm³/mol. The molecule has 1 aromatic carbocycles. The van der Waals surface area contributed by atoms with E-state index in [1.807, 2.05) is 26.0 Å². The van der Waals surface area contributed by atoms with Crippen molar-refractivity contribution in [2.75, 3.05) is 12.8 Å². The number of anilines is 1. The van der Waals surface area contributed by atoms with Gasteiger partial charge in [0.2, 0.25) is 0 Å². The van der Waals surface area contributed by atoms with Crippen molar-refractivity contribution < 1.29 is 14.6 Å². The lowest BCUT2D eigenvalue weighted by Gasteiger charge is -2.13. The van der Waals surface area contributed by atoms with Crippen LogP contribution >= 0.6 is 0 Å². The van der Waals surface area contributed by atoms with E-state index in [2.05, 4.69) is 5.10 Å². The van der Waals surface area contributed by atoms with Gasteiger partial charge in [-0.25, -0.2) is 4.79 Å². The molecule has 6 heteroatoms. The first-order valence-electron chi connectivity index (χ1n) is 6.08. The van der Waals surface area contributed by atoms with Crippen molar-refractivity contribution in [3.8, 4) is 16.9 Å². The Morgan fingerprint density at radius 1 is 1.40 bits per heavy atom. The number of carbonyl (C=O) groups is 1. The number of aromatic nitrogens is 2. The molecule has 0 bridgehead atoms. The lowest BCUT2D eigenvalue weighted by atomic mass is 9.98. The number of benzene rings is 1. The fourth-order valence-corrected chi connectivity index (χ4v) is 2.36. The van der Waals surface area contributed by atoms with Gasteiger partial charge in [0.25, 0.3) is 0 Å². The minimum Gasteiger partial charge on any atom is -0.496 e. The van der Waals surface area contributed by atoms with Crippen molar-refractivity contribution in [2.24, 2.45) is 7.05 Å². The molecule has 0 atom stereocenters. The average molecular weight is 275 g/mol. The number of carboxylic acid groups (broad SMARTS) is 1. The van der Waals surface area contributed by atoms with Gasteiger partial charge in [-0.1, -0.05) is 6.07 Å². The number of hydrogen-bond acceptors (Lipinski definition) is 4. The average Bonchev–Trinajstić information content (AvgIpc) is 2.65. The Morgan fingerprint density at radius 3 is 2.60 bits per heavy atom. The van der Waals surface area contributed by atoms with E-state index in [1.54, 1.807) is 14.2 Å². The van der Waals surface area contributed by atoms with E-state index in [4.69, 9.17) is 10.5 Å². The number of nitrogen functional groups attached to an aromatic ring is 1. The van der Waals surface area contributed by atoms with Crippen LogP contribution in [0.3, 0.4) is 0 Å². The van der Waals surface area contributed by atoms with Crippen molar-refractivity contribution >= 4 is 11.8 Å². The van der Waals surface area contributed by atoms with Gasteiger partial charge >= 0.3 is 5.97 Å². The highest BCUT2D eigenvalue weighted by Crippen LogP contribution is 2.38. The summed E-state index contributed by atoms with van der Waals surface area (Å²) >= 11 is 0. The molecular weight excluding hydrogens is 258 g/mol. The maximum absolute atomic E-state index is 11.4. The maximum Gasteiger partial charge on any atom is 0.357 e. The molecule has 1 aromatic heterocycles. The number of ether oxygens (including phenoxy) is 1. The van der Waals surface area contributed by atoms with Crippen LogP contribution in [0.5, 0.6) is 5.75 Å². The summed E-state index contributed by atoms with van der Waals surface area (Å²) in [6.45, 7) is 3.84. The fourth-order valence-electron chi connectivity index (χ4n) is 2.36. The molecule has 0 aliphatic rings. The van der Waals surface area contributed by atoms with Gasteiger partial charge in [0.05, 0.1) is 12.7 Å². The third-order valence-electron chi connectivity index (χ3n) is 3.19. The molecular formula is C14H17N3O3. The van der Waals surface area contributed by atoms with E-state index in [0.29, 0.717) is 22.7 Å². The summed E-state index contributed by atoms with van der Waals surface area (Å²) in [5.41, 5.74) is 8.86. The molecule has 20 heavy (non-hydrogen) atoms. The van der Waals surface area contributed by atoms with Gasteiger partial charge in [0.1, 0.15) is 11.6 Å². The molecule has 0 radical (unpaired) electrons. The first-order valence-corrected chi connectivity index (χ1v) is 6.08. The smallest absolute Gasteiger partial charge is 0.357 e. The van der Waals surface area contributed by atoms with Crippen LogP contribution in [-0.4, -0.2) is 28.0 Å². The third kappa shape index (κ3) is 2.09. The van der Waals surface area contributed by atoms with E-state index in [-0.39, 0.29) is 5.69 Å². The molecule has 0 saturated heterocycles. The van der Waals surface area contributed by atoms with Crippen LogP contribution in [0.2, 0.25) is 0 Å². The minimum absolute atomic E-state index is 0.0756. The Bertz CT molecular complexity index is 689. The highest BCUT2D eigenvalue weighted by molar-refractivity contribution is 5.99. The number of nitrogens with zero attached hydrogens (tertiary/aromatic N) is 2. The van der Waals surface area contributed by atoms with Gasteiger partial charge in [-0.2, -0.15) is 5.10 Å². The second-order valence-corrected chi connectivity index (χ2v) is 4.70. The van der Waals surface area contributed by atoms with Crippen molar-refractivity contribution in [1.82, 2.24) is 9.78 Å². The second kappa shape index (κ2) is 4.88. The molecule has 1 heterocycles. The van der Waals surface area contributed by atoms with Gasteiger partial charge in [-0.3, -0.25) is 4.68 Å². The molecule has 0 spiro atoms. The molecule has 0 saturated carbocycles. The maximum atomic E-state index is 11.4. The summed E-state index contributed by atoms with van der Waals surface area (Å²) in [4.78, 5) is 11.4. The van der Waals surface area contributed by atoms with Gasteiger partial charge in [-0.15, -0.1) is 0 Å². The lowest BCUT2D eigenvalue weighted by Crippen LogP contribution is -2.02. The Morgan fingerprint density at radius 2 is 2.05 bits per heavy atom. The standard InChI is InChI=1S/C14H17N3O3/c1-7-5-8(2)12(20-4)9(6-7)10-11(14(18)19)16-17(3)13(10)15/h5-6H,15H2,1-4H3,(H,18,19). The zero-order valence-electron chi connectivity index (χ0n) is 11.9. The first kappa shape index (κ1) is 13.9. The van der Waals surface area contributed by atoms with Crippen molar-refractivity contribution in [3.05, 3.63) is 29.0 Å². The number of methoxy groups -OCH3 is 1. The normalized spacial score (nSPS) is 10.6. The molecule has 0 amide bonds. The van der Waals surface area contributed by atoms with E-state index in [0.717, 1.165) is 11.1 Å². The molecule has 3 N–H and O–H groups in total. The Hall–Kier alpha value is -2.50. The summed E-state index contributed by atoms with van der Waals surface area (Å²) < 4.78 is 6.76. The summed E-state index contributed by atoms with van der Waals surface area (Å²) in [5.74, 6) is -0.211. The zero-order valence-corrected chi connectivity index (χ0v) is 11.9. The quantitative estimate of drug-likeness (QED) is 0.894. The Labute approximate surface area is 116 Å². The van der Waals surface area contributed by atoms with E-state index < -0.39 is 5.97 Å². The van der Waals surface area contributed by atoms with E-state index in [9.17, 15) is 9.90 Å². The molecule has 0 fully saturated rings. The molecule has 0 aliphatic heterocycles. The highest BCUT2D eigenvalue weighted by Gasteiger charge is 2.24. The first-order chi connectivity index (χ1) is 9.36. The number of carboxylic acids is 1. The molecule has 0 unspecified atom stereocenters. The van der Waals surface area contributed by atoms with Crippen LogP contribution in [0.15, 0.2) is 12.1 Å². The molecule has 106 valence electrons. The number of nitrogens with two attached hydrogens (primary N) is 1. The predicted octanol–water partition coefficient (Wildman–Crippen LogP) is 1.99. The fraction of sp³-hybridized carbons (Fsp3) is 0.286. The van der Waals surface area contributed by atoms with Crippen molar-refractivity contribution in [3.63, 3.8) is 0 Å². The summed E-state index contributed by atoms with van der Waals surface area (Å²) in [7, 11) is 3.16. The molecule has 2 aromatic rings. The van der Waals surface area contributed by atoms with Gasteiger partial charge in [0, 0.05) is 12.6 Å². The summed E-state index contributed by atoms with van der Waals surface area (Å²) in [6, 6.07) is 3.82. The highest BCUT2D eigenvalue weighted by atomic mass is 16.5. The Kier molecular flexibility index (Phi) is 3.40. The van der Waals surface area contributed by atoms with Crippen LogP contribution < -0.4 is 10.5 Å². The van der Waals surface area contributed by atoms with Crippen LogP contribution in [0.25, 0.3) is 11.1 Å². The van der Waals surface area contributed by atoms with Crippen LogP contribution in [0, 0.1) is 13.8 Å². The number of hydrogen-bond donors (Lipinski definition) is 2. The largest absolute Gasteiger partial charge is 0.496 e. The topological polar surface area (TPSA) is 90.4 Å². The Balaban J connectivity index is 2.84. The zero-order chi connectivity index (χ0) is 15.0. The molecule has 6 nitrogen and oxygen atoms in total.